The minimum absolute atomic E-state index is 0.000948. The number of aliphatic hydroxyl groups is 1. The van der Waals surface area contributed by atoms with Crippen molar-refractivity contribution in [2.24, 2.45) is 0 Å². The van der Waals surface area contributed by atoms with Crippen LogP contribution in [0.5, 0.6) is 0 Å². The van der Waals surface area contributed by atoms with Gasteiger partial charge in [-0.05, 0) is 18.9 Å². The third-order valence-electron chi connectivity index (χ3n) is 3.68. The lowest BCUT2D eigenvalue weighted by molar-refractivity contribution is 0.271. The molecule has 0 aliphatic heterocycles. The lowest BCUT2D eigenvalue weighted by Crippen LogP contribution is -2.23. The Morgan fingerprint density at radius 1 is 1.23 bits per heavy atom. The summed E-state index contributed by atoms with van der Waals surface area (Å²) in [7, 11) is 0. The average molecular weight is 313 g/mol. The van der Waals surface area contributed by atoms with Crippen LogP contribution in [0.1, 0.15) is 19.2 Å². The van der Waals surface area contributed by atoms with E-state index in [1.54, 1.807) is 11.3 Å². The van der Waals surface area contributed by atoms with Crippen molar-refractivity contribution in [2.75, 3.05) is 11.9 Å². The number of thiophene rings is 1. The summed E-state index contributed by atoms with van der Waals surface area (Å²) in [6.07, 6.45) is 0.839. The van der Waals surface area contributed by atoms with Gasteiger partial charge in [-0.15, -0.1) is 11.3 Å². The SMILES string of the molecule is CCC(CO)Nc1nc(C)nc2scc(-c3ccccc3)c12. The summed E-state index contributed by atoms with van der Waals surface area (Å²) in [6, 6.07) is 10.3. The van der Waals surface area contributed by atoms with Crippen molar-refractivity contribution in [3.63, 3.8) is 0 Å². The van der Waals surface area contributed by atoms with Crippen molar-refractivity contribution in [3.8, 4) is 11.1 Å². The summed E-state index contributed by atoms with van der Waals surface area (Å²) < 4.78 is 0. The number of aryl methyl sites for hydroxylation is 1. The Morgan fingerprint density at radius 2 is 2.00 bits per heavy atom. The van der Waals surface area contributed by atoms with Gasteiger partial charge in [-0.1, -0.05) is 37.3 Å². The number of aromatic nitrogens is 2. The van der Waals surface area contributed by atoms with Crippen molar-refractivity contribution in [1.82, 2.24) is 9.97 Å². The van der Waals surface area contributed by atoms with Crippen LogP contribution in [0.25, 0.3) is 21.3 Å². The van der Waals surface area contributed by atoms with E-state index in [1.807, 2.05) is 32.0 Å². The Balaban J connectivity index is 2.16. The van der Waals surface area contributed by atoms with Crippen LogP contribution in [0.2, 0.25) is 0 Å². The van der Waals surface area contributed by atoms with Gasteiger partial charge in [0.25, 0.3) is 0 Å². The molecule has 3 aromatic rings. The highest BCUT2D eigenvalue weighted by molar-refractivity contribution is 7.17. The van der Waals surface area contributed by atoms with E-state index in [-0.39, 0.29) is 12.6 Å². The van der Waals surface area contributed by atoms with Crippen molar-refractivity contribution >= 4 is 27.4 Å². The van der Waals surface area contributed by atoms with Gasteiger partial charge >= 0.3 is 0 Å². The van der Waals surface area contributed by atoms with Gasteiger partial charge < -0.3 is 10.4 Å². The molecule has 1 aromatic carbocycles. The zero-order valence-electron chi connectivity index (χ0n) is 12.7. The largest absolute Gasteiger partial charge is 0.394 e. The van der Waals surface area contributed by atoms with Gasteiger partial charge in [-0.25, -0.2) is 9.97 Å². The molecule has 0 radical (unpaired) electrons. The Bertz CT molecular complexity index is 766. The third kappa shape index (κ3) is 2.82. The molecule has 0 aliphatic carbocycles. The van der Waals surface area contributed by atoms with Gasteiger partial charge in [0.05, 0.1) is 18.0 Å². The molecular formula is C17H19N3OS. The smallest absolute Gasteiger partial charge is 0.139 e. The number of anilines is 1. The molecule has 22 heavy (non-hydrogen) atoms. The fourth-order valence-corrected chi connectivity index (χ4v) is 3.45. The van der Waals surface area contributed by atoms with Gasteiger partial charge in [0.15, 0.2) is 0 Å². The first-order valence-corrected chi connectivity index (χ1v) is 8.29. The predicted molar refractivity (Wildman–Crippen MR) is 92.4 cm³/mol. The number of rotatable bonds is 5. The van der Waals surface area contributed by atoms with Crippen LogP contribution in [-0.2, 0) is 0 Å². The fraction of sp³-hybridized carbons (Fsp3) is 0.294. The first-order chi connectivity index (χ1) is 10.7. The normalized spacial score (nSPS) is 12.5. The van der Waals surface area contributed by atoms with E-state index in [0.29, 0.717) is 0 Å². The van der Waals surface area contributed by atoms with E-state index < -0.39 is 0 Å². The van der Waals surface area contributed by atoms with Crippen LogP contribution >= 0.6 is 11.3 Å². The summed E-state index contributed by atoms with van der Waals surface area (Å²) in [5.41, 5.74) is 2.29. The maximum absolute atomic E-state index is 9.46. The van der Waals surface area contributed by atoms with Crippen LogP contribution in [0.4, 0.5) is 5.82 Å². The van der Waals surface area contributed by atoms with Crippen LogP contribution < -0.4 is 5.32 Å². The molecule has 4 nitrogen and oxygen atoms in total. The van der Waals surface area contributed by atoms with E-state index >= 15 is 0 Å². The van der Waals surface area contributed by atoms with E-state index in [9.17, 15) is 5.11 Å². The van der Waals surface area contributed by atoms with E-state index in [1.165, 1.54) is 0 Å². The first-order valence-electron chi connectivity index (χ1n) is 7.41. The van der Waals surface area contributed by atoms with E-state index in [4.69, 9.17) is 0 Å². The van der Waals surface area contributed by atoms with E-state index in [2.05, 4.69) is 32.8 Å². The molecule has 0 saturated heterocycles. The molecule has 2 N–H and O–H groups in total. The highest BCUT2D eigenvalue weighted by atomic mass is 32.1. The molecule has 0 saturated carbocycles. The molecule has 0 spiro atoms. The fourth-order valence-electron chi connectivity index (χ4n) is 2.45. The monoisotopic (exact) mass is 313 g/mol. The van der Waals surface area contributed by atoms with Gasteiger partial charge in [0, 0.05) is 10.9 Å². The Morgan fingerprint density at radius 3 is 2.68 bits per heavy atom. The van der Waals surface area contributed by atoms with Gasteiger partial charge in [0.2, 0.25) is 0 Å². The zero-order valence-corrected chi connectivity index (χ0v) is 13.5. The lowest BCUT2D eigenvalue weighted by Gasteiger charge is -2.16. The number of fused-ring (bicyclic) bond motifs is 1. The predicted octanol–water partition coefficient (Wildman–Crippen LogP) is 3.85. The molecule has 1 unspecified atom stereocenters. The van der Waals surface area contributed by atoms with Crippen LogP contribution in [0, 0.1) is 6.92 Å². The molecular weight excluding hydrogens is 294 g/mol. The van der Waals surface area contributed by atoms with Crippen LogP contribution in [0.15, 0.2) is 35.7 Å². The Labute approximate surface area is 133 Å². The van der Waals surface area contributed by atoms with Gasteiger partial charge in [-0.2, -0.15) is 0 Å². The minimum atomic E-state index is 0.000948. The molecule has 3 rings (SSSR count). The van der Waals surface area contributed by atoms with Gasteiger partial charge in [-0.3, -0.25) is 0 Å². The van der Waals surface area contributed by atoms with Crippen molar-refractivity contribution in [2.45, 2.75) is 26.3 Å². The third-order valence-corrected chi connectivity index (χ3v) is 4.56. The summed E-state index contributed by atoms with van der Waals surface area (Å²) >= 11 is 1.63. The van der Waals surface area contributed by atoms with Crippen molar-refractivity contribution in [3.05, 3.63) is 41.5 Å². The average Bonchev–Trinajstić information content (AvgIpc) is 2.97. The maximum Gasteiger partial charge on any atom is 0.139 e. The minimum Gasteiger partial charge on any atom is -0.394 e. The second-order valence-electron chi connectivity index (χ2n) is 5.25. The zero-order chi connectivity index (χ0) is 15.5. The molecule has 0 bridgehead atoms. The summed E-state index contributed by atoms with van der Waals surface area (Å²) in [6.45, 7) is 4.03. The second-order valence-corrected chi connectivity index (χ2v) is 6.11. The quantitative estimate of drug-likeness (QED) is 0.751. The number of hydrogen-bond donors (Lipinski definition) is 2. The topological polar surface area (TPSA) is 58.0 Å². The Hall–Kier alpha value is -1.98. The standard InChI is InChI=1S/C17H19N3OS/c1-3-13(9-21)20-16-15-14(12-7-5-4-6-8-12)10-22-17(15)19-11(2)18-16/h4-8,10,13,21H,3,9H2,1-2H3,(H,18,19,20). The van der Waals surface area contributed by atoms with Crippen LogP contribution in [0.3, 0.4) is 0 Å². The molecule has 1 atom stereocenters. The second kappa shape index (κ2) is 6.42. The number of nitrogens with zero attached hydrogens (tertiary/aromatic N) is 2. The molecule has 0 fully saturated rings. The highest BCUT2D eigenvalue weighted by Crippen LogP contribution is 2.37. The molecule has 0 amide bonds. The first kappa shape index (κ1) is 14.9. The molecule has 2 heterocycles. The highest BCUT2D eigenvalue weighted by Gasteiger charge is 2.16. The Kier molecular flexibility index (Phi) is 4.36. The summed E-state index contributed by atoms with van der Waals surface area (Å²) in [5, 5.41) is 16.0. The van der Waals surface area contributed by atoms with Crippen molar-refractivity contribution < 1.29 is 5.11 Å². The van der Waals surface area contributed by atoms with Crippen LogP contribution in [-0.4, -0.2) is 27.7 Å². The summed E-state index contributed by atoms with van der Waals surface area (Å²) in [4.78, 5) is 10.1. The maximum atomic E-state index is 9.46. The number of hydrogen-bond acceptors (Lipinski definition) is 5. The van der Waals surface area contributed by atoms with Gasteiger partial charge in [0.1, 0.15) is 16.5 Å². The lowest BCUT2D eigenvalue weighted by atomic mass is 10.1. The summed E-state index contributed by atoms with van der Waals surface area (Å²) in [5.74, 6) is 1.55. The molecule has 114 valence electrons. The molecule has 5 heteroatoms. The number of benzene rings is 1. The van der Waals surface area contributed by atoms with E-state index in [0.717, 1.165) is 39.4 Å². The number of aliphatic hydroxyl groups excluding tert-OH is 1. The number of nitrogens with one attached hydrogen (secondary N) is 1. The molecule has 2 aromatic heterocycles. The molecule has 0 aliphatic rings. The van der Waals surface area contributed by atoms with Crippen molar-refractivity contribution in [1.29, 1.82) is 0 Å².